The van der Waals surface area contributed by atoms with Gasteiger partial charge in [0.25, 0.3) is 11.5 Å². The highest BCUT2D eigenvalue weighted by Crippen LogP contribution is 2.32. The van der Waals surface area contributed by atoms with Crippen molar-refractivity contribution in [3.63, 3.8) is 0 Å². The van der Waals surface area contributed by atoms with Crippen molar-refractivity contribution in [2.75, 3.05) is 20.3 Å². The van der Waals surface area contributed by atoms with Crippen LogP contribution in [-0.4, -0.2) is 53.5 Å². The number of carbonyl (C=O) groups excluding carboxylic acids is 2. The Bertz CT molecular complexity index is 1470. The van der Waals surface area contributed by atoms with E-state index in [1.54, 1.807) is 20.8 Å². The van der Waals surface area contributed by atoms with Gasteiger partial charge in [0.05, 0.1) is 18.6 Å². The third-order valence-corrected chi connectivity index (χ3v) is 6.20. The van der Waals surface area contributed by atoms with E-state index < -0.39 is 58.7 Å². The minimum atomic E-state index is -5.20. The lowest BCUT2D eigenvalue weighted by molar-refractivity contribution is -0.160. The molecule has 0 aliphatic carbocycles. The van der Waals surface area contributed by atoms with E-state index in [2.05, 4.69) is 11.8 Å². The smallest absolute Gasteiger partial charge is 0.423 e. The summed E-state index contributed by atoms with van der Waals surface area (Å²) in [5.74, 6) is 4.33. The second-order valence-corrected chi connectivity index (χ2v) is 10.9. The zero-order valence-electron chi connectivity index (χ0n) is 24.1. The number of methoxy groups -OCH3 is 1. The van der Waals surface area contributed by atoms with Gasteiger partial charge in [-0.1, -0.05) is 25.7 Å². The topological polar surface area (TPSA) is 115 Å². The van der Waals surface area contributed by atoms with Gasteiger partial charge in [-0.3, -0.25) is 19.0 Å². The van der Waals surface area contributed by atoms with E-state index in [4.69, 9.17) is 18.9 Å². The van der Waals surface area contributed by atoms with Gasteiger partial charge in [-0.05, 0) is 45.0 Å². The fourth-order valence-electron chi connectivity index (χ4n) is 3.98. The predicted octanol–water partition coefficient (Wildman–Crippen LogP) is 3.65. The van der Waals surface area contributed by atoms with Crippen LogP contribution in [0, 0.1) is 23.2 Å². The lowest BCUT2D eigenvalue weighted by Crippen LogP contribution is -2.47. The maximum atomic E-state index is 13.9. The van der Waals surface area contributed by atoms with Gasteiger partial charge in [-0.25, -0.2) is 4.79 Å². The molecule has 1 aliphatic rings. The Labute approximate surface area is 240 Å². The normalized spacial score (nSPS) is 18.9. The Morgan fingerprint density at radius 2 is 1.76 bits per heavy atom. The Morgan fingerprint density at radius 1 is 1.12 bits per heavy atom. The molecular formula is C29H33F3N2O8. The minimum Gasteiger partial charge on any atom is -0.497 e. The number of alkyl halides is 3. The second-order valence-electron chi connectivity index (χ2n) is 10.9. The Kier molecular flexibility index (Phi) is 10.1. The number of esters is 1. The van der Waals surface area contributed by atoms with Gasteiger partial charge < -0.3 is 18.9 Å². The highest BCUT2D eigenvalue weighted by atomic mass is 19.4. The Hall–Kier alpha value is -3.89. The molecule has 0 unspecified atom stereocenters. The lowest BCUT2D eigenvalue weighted by Gasteiger charge is -2.22. The highest BCUT2D eigenvalue weighted by molar-refractivity contribution is 5.95. The zero-order valence-corrected chi connectivity index (χ0v) is 24.1. The van der Waals surface area contributed by atoms with E-state index in [1.165, 1.54) is 31.4 Å². The molecule has 13 heteroatoms. The summed E-state index contributed by atoms with van der Waals surface area (Å²) < 4.78 is 64.3. The minimum absolute atomic E-state index is 0.0548. The van der Waals surface area contributed by atoms with Crippen molar-refractivity contribution >= 4 is 11.9 Å². The number of hydrogen-bond acceptors (Lipinski definition) is 8. The second kappa shape index (κ2) is 13.0. The molecule has 3 rings (SSSR count). The van der Waals surface area contributed by atoms with Crippen molar-refractivity contribution in [3.8, 4) is 17.6 Å². The monoisotopic (exact) mass is 594 g/mol. The number of halogens is 3. The van der Waals surface area contributed by atoms with Gasteiger partial charge in [-0.2, -0.15) is 17.7 Å². The molecular weight excluding hydrogens is 561 g/mol. The largest absolute Gasteiger partial charge is 0.497 e. The van der Waals surface area contributed by atoms with Crippen molar-refractivity contribution in [2.24, 2.45) is 11.3 Å². The van der Waals surface area contributed by atoms with Crippen LogP contribution in [0.3, 0.4) is 0 Å². The lowest BCUT2D eigenvalue weighted by atomic mass is 9.97. The summed E-state index contributed by atoms with van der Waals surface area (Å²) in [6.45, 7) is 8.31. The highest BCUT2D eigenvalue weighted by Gasteiger charge is 2.42. The first-order valence-corrected chi connectivity index (χ1v) is 13.1. The van der Waals surface area contributed by atoms with Crippen molar-refractivity contribution in [2.45, 2.75) is 65.7 Å². The van der Waals surface area contributed by atoms with Crippen LogP contribution in [0.25, 0.3) is 0 Å². The summed E-state index contributed by atoms with van der Waals surface area (Å²) in [5, 5.41) is 0. The number of rotatable bonds is 7. The third-order valence-electron chi connectivity index (χ3n) is 6.20. The van der Waals surface area contributed by atoms with Crippen LogP contribution >= 0.6 is 0 Å². The molecule has 1 fully saturated rings. The molecule has 1 aliphatic heterocycles. The number of ether oxygens (including phenoxy) is 4. The summed E-state index contributed by atoms with van der Waals surface area (Å²) in [6.07, 6.45) is -8.25. The van der Waals surface area contributed by atoms with E-state index in [0.29, 0.717) is 16.5 Å². The van der Waals surface area contributed by atoms with E-state index in [9.17, 15) is 32.3 Å². The van der Waals surface area contributed by atoms with E-state index in [1.807, 2.05) is 13.8 Å². The number of aromatic nitrogens is 2. The van der Waals surface area contributed by atoms with Crippen LogP contribution in [0.1, 0.15) is 63.2 Å². The van der Waals surface area contributed by atoms with E-state index >= 15 is 0 Å². The summed E-state index contributed by atoms with van der Waals surface area (Å²) in [4.78, 5) is 51.8. The molecule has 3 atom stereocenters. The average Bonchev–Trinajstić information content (AvgIpc) is 3.30. The Balaban J connectivity index is 2.04. The van der Waals surface area contributed by atoms with Crippen LogP contribution in [0.5, 0.6) is 5.75 Å². The molecule has 1 aromatic heterocycles. The van der Waals surface area contributed by atoms with Crippen LogP contribution in [-0.2, 0) is 25.2 Å². The SMILES string of the molecule is COc1ccc(C(=O)n2c(=O)c(C(F)(F)F)cn([C@H]3C[C@H](OCC#CC(C)C)[C@@H](COC(=O)C(C)(C)C)O3)c2=O)cc1. The van der Waals surface area contributed by atoms with E-state index in [-0.39, 0.29) is 35.7 Å². The van der Waals surface area contributed by atoms with Crippen molar-refractivity contribution in [3.05, 3.63) is 62.4 Å². The first-order chi connectivity index (χ1) is 19.5. The number of hydrogen-bond donors (Lipinski definition) is 0. The van der Waals surface area contributed by atoms with Gasteiger partial charge >= 0.3 is 17.8 Å². The number of carbonyl (C=O) groups is 2. The first kappa shape index (κ1) is 32.6. The van der Waals surface area contributed by atoms with Crippen LogP contribution in [0.15, 0.2) is 40.1 Å². The third kappa shape index (κ3) is 7.68. The fraction of sp³-hybridized carbons (Fsp3) is 0.517. The van der Waals surface area contributed by atoms with Crippen LogP contribution < -0.4 is 16.0 Å². The van der Waals surface area contributed by atoms with Crippen molar-refractivity contribution in [1.29, 1.82) is 0 Å². The summed E-state index contributed by atoms with van der Waals surface area (Å²) >= 11 is 0. The number of nitrogens with zero attached hydrogens (tertiary/aromatic N) is 2. The molecule has 1 saturated heterocycles. The van der Waals surface area contributed by atoms with Crippen molar-refractivity contribution < 1.29 is 41.7 Å². The summed E-state index contributed by atoms with van der Waals surface area (Å²) in [7, 11) is 1.37. The van der Waals surface area contributed by atoms with Crippen molar-refractivity contribution in [1.82, 2.24) is 9.13 Å². The Morgan fingerprint density at radius 3 is 2.31 bits per heavy atom. The van der Waals surface area contributed by atoms with Gasteiger partial charge in [0.1, 0.15) is 36.9 Å². The standard InChI is InChI=1S/C29H33F3N2O8/c1-17(2)8-7-13-40-21-14-23(42-22(21)16-41-26(37)28(3,4)5)33-15-20(29(30,31)32)25(36)34(27(33)38)24(35)18-9-11-19(39-6)12-10-18/h9-12,15,17,21-23H,13-14,16H2,1-6H3/t21-,22+,23+/m0/s1. The van der Waals surface area contributed by atoms with Gasteiger partial charge in [0.2, 0.25) is 0 Å². The molecule has 2 aromatic rings. The molecule has 0 bridgehead atoms. The molecule has 1 aromatic carbocycles. The zero-order chi connectivity index (χ0) is 31.4. The molecule has 0 N–H and O–H groups in total. The predicted molar refractivity (Wildman–Crippen MR) is 144 cm³/mol. The average molecular weight is 595 g/mol. The quantitative estimate of drug-likeness (QED) is 0.353. The van der Waals surface area contributed by atoms with Crippen LogP contribution in [0.4, 0.5) is 13.2 Å². The summed E-state index contributed by atoms with van der Waals surface area (Å²) in [5.41, 5.74) is -5.97. The molecule has 2 heterocycles. The van der Waals surface area contributed by atoms with Gasteiger partial charge in [0.15, 0.2) is 0 Å². The molecule has 10 nitrogen and oxygen atoms in total. The maximum Gasteiger partial charge on any atom is 0.423 e. The molecule has 0 spiro atoms. The van der Waals surface area contributed by atoms with Crippen LogP contribution in [0.2, 0.25) is 0 Å². The molecule has 0 amide bonds. The first-order valence-electron chi connectivity index (χ1n) is 13.1. The molecule has 0 saturated carbocycles. The number of benzene rings is 1. The maximum absolute atomic E-state index is 13.9. The van der Waals surface area contributed by atoms with Gasteiger partial charge in [-0.15, -0.1) is 0 Å². The molecule has 228 valence electrons. The van der Waals surface area contributed by atoms with E-state index in [0.717, 1.165) is 0 Å². The van der Waals surface area contributed by atoms with Gasteiger partial charge in [0, 0.05) is 24.1 Å². The summed E-state index contributed by atoms with van der Waals surface area (Å²) in [6, 6.07) is 5.15. The molecule has 0 radical (unpaired) electrons. The fourth-order valence-corrected chi connectivity index (χ4v) is 3.98. The molecule has 42 heavy (non-hydrogen) atoms.